The molecule has 0 aromatic carbocycles. The number of nitrogens with two attached hydrogens (primary N) is 1. The number of nitrogens with zero attached hydrogens (tertiary/aromatic N) is 2. The molecule has 2 N–H and O–H groups in total. The molecule has 2 unspecified atom stereocenters. The Morgan fingerprint density at radius 1 is 1.69 bits per heavy atom. The number of likely N-dealkylation sites (N-methyl/N-ethyl adjacent to an activating group) is 1. The molecule has 4 heteroatoms. The second-order valence-corrected chi connectivity index (χ2v) is 5.86. The van der Waals surface area contributed by atoms with Gasteiger partial charge in [-0.25, -0.2) is 4.98 Å². The Morgan fingerprint density at radius 3 is 3.12 bits per heavy atom. The van der Waals surface area contributed by atoms with E-state index in [1.807, 2.05) is 11.3 Å². The lowest BCUT2D eigenvalue weighted by Crippen LogP contribution is -2.14. The van der Waals surface area contributed by atoms with E-state index in [1.54, 1.807) is 0 Å². The first kappa shape index (κ1) is 12.0. The Labute approximate surface area is 102 Å². The van der Waals surface area contributed by atoms with E-state index in [0.29, 0.717) is 11.8 Å². The third-order valence-electron chi connectivity index (χ3n) is 3.27. The highest BCUT2D eigenvalue weighted by Gasteiger charge is 2.23. The first-order valence-electron chi connectivity index (χ1n) is 6.02. The zero-order valence-electron chi connectivity index (χ0n) is 10.1. The zero-order valence-corrected chi connectivity index (χ0v) is 11.0. The van der Waals surface area contributed by atoms with Crippen LogP contribution in [0, 0.1) is 5.92 Å². The van der Waals surface area contributed by atoms with Crippen molar-refractivity contribution < 1.29 is 0 Å². The topological polar surface area (TPSA) is 42.1 Å². The highest BCUT2D eigenvalue weighted by Crippen LogP contribution is 2.29. The number of likely N-dealkylation sites (tertiary alicyclic amines) is 1. The highest BCUT2D eigenvalue weighted by atomic mass is 32.1. The highest BCUT2D eigenvalue weighted by molar-refractivity contribution is 7.09. The van der Waals surface area contributed by atoms with Gasteiger partial charge in [-0.2, -0.15) is 0 Å². The molecule has 1 aliphatic heterocycles. The molecule has 2 atom stereocenters. The van der Waals surface area contributed by atoms with Gasteiger partial charge in [0.25, 0.3) is 0 Å². The average Bonchev–Trinajstić information content (AvgIpc) is 2.87. The summed E-state index contributed by atoms with van der Waals surface area (Å²) in [7, 11) is 2.19. The summed E-state index contributed by atoms with van der Waals surface area (Å²) >= 11 is 1.82. The van der Waals surface area contributed by atoms with Gasteiger partial charge in [-0.3, -0.25) is 0 Å². The molecule has 1 aliphatic rings. The summed E-state index contributed by atoms with van der Waals surface area (Å²) in [6.07, 6.45) is 2.28. The molecule has 0 bridgehead atoms. The van der Waals surface area contributed by atoms with Crippen molar-refractivity contribution >= 4 is 11.3 Å². The SMILES string of the molecule is CC(CN)Cc1csc(C2CCN(C)C2)n1. The molecule has 0 spiro atoms. The molecular formula is C12H21N3S. The molecule has 1 saturated heterocycles. The third kappa shape index (κ3) is 2.81. The van der Waals surface area contributed by atoms with Gasteiger partial charge in [0, 0.05) is 17.8 Å². The molecule has 0 amide bonds. The first-order chi connectivity index (χ1) is 7.69. The summed E-state index contributed by atoms with van der Waals surface area (Å²) in [5.74, 6) is 1.21. The van der Waals surface area contributed by atoms with E-state index in [-0.39, 0.29) is 0 Å². The van der Waals surface area contributed by atoms with E-state index >= 15 is 0 Å². The lowest BCUT2D eigenvalue weighted by Gasteiger charge is -2.07. The molecule has 0 saturated carbocycles. The van der Waals surface area contributed by atoms with E-state index in [2.05, 4.69) is 24.3 Å². The fourth-order valence-corrected chi connectivity index (χ4v) is 3.14. The predicted octanol–water partition coefficient (Wildman–Crippen LogP) is 1.70. The number of hydrogen-bond donors (Lipinski definition) is 1. The van der Waals surface area contributed by atoms with Crippen LogP contribution in [0.2, 0.25) is 0 Å². The molecule has 1 aromatic heterocycles. The Balaban J connectivity index is 1.97. The van der Waals surface area contributed by atoms with Crippen LogP contribution in [0.5, 0.6) is 0 Å². The molecule has 3 nitrogen and oxygen atoms in total. The molecule has 1 fully saturated rings. The standard InChI is InChI=1S/C12H21N3S/c1-9(6-13)5-11-8-16-12(14-11)10-3-4-15(2)7-10/h8-10H,3-7,13H2,1-2H3. The van der Waals surface area contributed by atoms with E-state index in [1.165, 1.54) is 30.2 Å². The van der Waals surface area contributed by atoms with Gasteiger partial charge in [0.15, 0.2) is 0 Å². The quantitative estimate of drug-likeness (QED) is 0.869. The van der Waals surface area contributed by atoms with Crippen molar-refractivity contribution in [3.05, 3.63) is 16.1 Å². The molecule has 2 rings (SSSR count). The minimum Gasteiger partial charge on any atom is -0.330 e. The van der Waals surface area contributed by atoms with Crippen LogP contribution >= 0.6 is 11.3 Å². The van der Waals surface area contributed by atoms with E-state index in [0.717, 1.165) is 13.0 Å². The Bertz CT molecular complexity index is 337. The fourth-order valence-electron chi connectivity index (χ4n) is 2.18. The van der Waals surface area contributed by atoms with Gasteiger partial charge in [-0.15, -0.1) is 11.3 Å². The maximum atomic E-state index is 5.64. The van der Waals surface area contributed by atoms with Crippen LogP contribution in [-0.4, -0.2) is 36.6 Å². The van der Waals surface area contributed by atoms with Crippen LogP contribution < -0.4 is 5.73 Å². The average molecular weight is 239 g/mol. The normalized spacial score (nSPS) is 23.8. The zero-order chi connectivity index (χ0) is 11.5. The van der Waals surface area contributed by atoms with Gasteiger partial charge in [0.05, 0.1) is 10.7 Å². The molecule has 2 heterocycles. The van der Waals surface area contributed by atoms with Crippen molar-refractivity contribution in [3.8, 4) is 0 Å². The molecule has 0 radical (unpaired) electrons. The monoisotopic (exact) mass is 239 g/mol. The minimum atomic E-state index is 0.543. The number of rotatable bonds is 4. The Hall–Kier alpha value is -0.450. The van der Waals surface area contributed by atoms with Crippen molar-refractivity contribution in [1.29, 1.82) is 0 Å². The predicted molar refractivity (Wildman–Crippen MR) is 68.9 cm³/mol. The van der Waals surface area contributed by atoms with Gasteiger partial charge in [0.1, 0.15) is 0 Å². The van der Waals surface area contributed by atoms with Crippen LogP contribution in [0.4, 0.5) is 0 Å². The first-order valence-corrected chi connectivity index (χ1v) is 6.90. The maximum absolute atomic E-state index is 5.64. The van der Waals surface area contributed by atoms with Crippen molar-refractivity contribution in [2.24, 2.45) is 11.7 Å². The summed E-state index contributed by atoms with van der Waals surface area (Å²) < 4.78 is 0. The van der Waals surface area contributed by atoms with Gasteiger partial charge in [-0.05, 0) is 38.9 Å². The molecule has 16 heavy (non-hydrogen) atoms. The van der Waals surface area contributed by atoms with Gasteiger partial charge < -0.3 is 10.6 Å². The Kier molecular flexibility index (Phi) is 3.95. The van der Waals surface area contributed by atoms with Crippen LogP contribution in [-0.2, 0) is 6.42 Å². The second kappa shape index (κ2) is 5.25. The second-order valence-electron chi connectivity index (χ2n) is 4.97. The van der Waals surface area contributed by atoms with E-state index < -0.39 is 0 Å². The smallest absolute Gasteiger partial charge is 0.0972 e. The number of hydrogen-bond acceptors (Lipinski definition) is 4. The van der Waals surface area contributed by atoms with Crippen LogP contribution in [0.1, 0.15) is 30.0 Å². The largest absolute Gasteiger partial charge is 0.330 e. The molecule has 90 valence electrons. The van der Waals surface area contributed by atoms with Crippen LogP contribution in [0.15, 0.2) is 5.38 Å². The molecule has 0 aliphatic carbocycles. The maximum Gasteiger partial charge on any atom is 0.0972 e. The summed E-state index contributed by atoms with van der Waals surface area (Å²) in [6.45, 7) is 5.31. The van der Waals surface area contributed by atoms with Crippen LogP contribution in [0.25, 0.3) is 0 Å². The van der Waals surface area contributed by atoms with E-state index in [9.17, 15) is 0 Å². The van der Waals surface area contributed by atoms with Crippen LogP contribution in [0.3, 0.4) is 0 Å². The van der Waals surface area contributed by atoms with Gasteiger partial charge in [-0.1, -0.05) is 6.92 Å². The van der Waals surface area contributed by atoms with Gasteiger partial charge >= 0.3 is 0 Å². The summed E-state index contributed by atoms with van der Waals surface area (Å²) in [6, 6.07) is 0. The molecular weight excluding hydrogens is 218 g/mol. The van der Waals surface area contributed by atoms with Crippen molar-refractivity contribution in [2.45, 2.75) is 25.7 Å². The Morgan fingerprint density at radius 2 is 2.50 bits per heavy atom. The molecule has 1 aromatic rings. The summed E-state index contributed by atoms with van der Waals surface area (Å²) in [4.78, 5) is 7.13. The third-order valence-corrected chi connectivity index (χ3v) is 4.33. The number of thiazole rings is 1. The van der Waals surface area contributed by atoms with Crippen molar-refractivity contribution in [1.82, 2.24) is 9.88 Å². The van der Waals surface area contributed by atoms with Gasteiger partial charge in [0.2, 0.25) is 0 Å². The summed E-state index contributed by atoms with van der Waals surface area (Å²) in [5, 5.41) is 3.53. The van der Waals surface area contributed by atoms with E-state index in [4.69, 9.17) is 10.7 Å². The summed E-state index contributed by atoms with van der Waals surface area (Å²) in [5.41, 5.74) is 6.87. The fraction of sp³-hybridized carbons (Fsp3) is 0.750. The number of aromatic nitrogens is 1. The van der Waals surface area contributed by atoms with Crippen molar-refractivity contribution in [2.75, 3.05) is 26.7 Å². The van der Waals surface area contributed by atoms with Crippen molar-refractivity contribution in [3.63, 3.8) is 0 Å². The lowest BCUT2D eigenvalue weighted by molar-refractivity contribution is 0.411. The lowest BCUT2D eigenvalue weighted by atomic mass is 10.1. The minimum absolute atomic E-state index is 0.543.